The van der Waals surface area contributed by atoms with Gasteiger partial charge in [0.2, 0.25) is 0 Å². The van der Waals surface area contributed by atoms with Crippen LogP contribution in [0.1, 0.15) is 10.4 Å². The molecular formula is C17H11Cl2N3O3S. The van der Waals surface area contributed by atoms with Crippen LogP contribution in [0.5, 0.6) is 0 Å². The minimum atomic E-state index is -0.624. The van der Waals surface area contributed by atoms with E-state index in [1.807, 2.05) is 0 Å². The van der Waals surface area contributed by atoms with Crippen molar-refractivity contribution in [3.63, 3.8) is 0 Å². The molecule has 0 aliphatic rings. The van der Waals surface area contributed by atoms with E-state index in [1.165, 1.54) is 23.7 Å². The Morgan fingerprint density at radius 3 is 2.81 bits per heavy atom. The predicted molar refractivity (Wildman–Crippen MR) is 101 cm³/mol. The Morgan fingerprint density at radius 1 is 1.23 bits per heavy atom. The maximum Gasteiger partial charge on any atom is 0.340 e. The summed E-state index contributed by atoms with van der Waals surface area (Å²) in [6.45, 7) is -0.426. The number of nitrogens with zero attached hydrogens (tertiary/aromatic N) is 2. The van der Waals surface area contributed by atoms with E-state index in [0.717, 1.165) is 0 Å². The fourth-order valence-electron chi connectivity index (χ4n) is 2.01. The number of anilines is 1. The van der Waals surface area contributed by atoms with E-state index >= 15 is 0 Å². The summed E-state index contributed by atoms with van der Waals surface area (Å²) in [4.78, 5) is 31.8. The van der Waals surface area contributed by atoms with Crippen molar-refractivity contribution < 1.29 is 14.3 Å². The summed E-state index contributed by atoms with van der Waals surface area (Å²) in [6, 6.07) is 8.24. The maximum absolute atomic E-state index is 11.9. The molecule has 0 aliphatic heterocycles. The first-order chi connectivity index (χ1) is 12.5. The average Bonchev–Trinajstić information content (AvgIpc) is 3.08. The highest BCUT2D eigenvalue weighted by Gasteiger charge is 2.13. The molecule has 0 bridgehead atoms. The van der Waals surface area contributed by atoms with Gasteiger partial charge < -0.3 is 4.74 Å². The fraction of sp³-hybridized carbons (Fsp3) is 0.0588. The van der Waals surface area contributed by atoms with Gasteiger partial charge in [-0.2, -0.15) is 0 Å². The molecule has 2 aromatic heterocycles. The average molecular weight is 408 g/mol. The van der Waals surface area contributed by atoms with Gasteiger partial charge in [0.15, 0.2) is 11.7 Å². The second-order valence-corrected chi connectivity index (χ2v) is 6.73. The van der Waals surface area contributed by atoms with E-state index in [-0.39, 0.29) is 5.56 Å². The van der Waals surface area contributed by atoms with Crippen molar-refractivity contribution in [3.8, 4) is 11.3 Å². The van der Waals surface area contributed by atoms with Crippen molar-refractivity contribution in [1.82, 2.24) is 9.97 Å². The number of pyridine rings is 1. The number of thiazole rings is 1. The summed E-state index contributed by atoms with van der Waals surface area (Å²) in [7, 11) is 0. The Morgan fingerprint density at radius 2 is 2.08 bits per heavy atom. The van der Waals surface area contributed by atoms with Gasteiger partial charge in [0, 0.05) is 28.4 Å². The molecule has 0 saturated carbocycles. The third kappa shape index (κ3) is 4.57. The number of hydrogen-bond acceptors (Lipinski definition) is 6. The van der Waals surface area contributed by atoms with Crippen molar-refractivity contribution in [2.45, 2.75) is 0 Å². The van der Waals surface area contributed by atoms with Crippen LogP contribution in [0.15, 0.2) is 48.1 Å². The second kappa shape index (κ2) is 8.27. The molecule has 0 aliphatic carbocycles. The van der Waals surface area contributed by atoms with Crippen LogP contribution < -0.4 is 5.32 Å². The molecule has 0 atom stereocenters. The third-order valence-electron chi connectivity index (χ3n) is 3.19. The number of hydrogen-bond donors (Lipinski definition) is 1. The highest BCUT2D eigenvalue weighted by molar-refractivity contribution is 7.14. The molecule has 1 N–H and O–H groups in total. The van der Waals surface area contributed by atoms with Gasteiger partial charge in [-0.1, -0.05) is 23.2 Å². The minimum absolute atomic E-state index is 0.272. The highest BCUT2D eigenvalue weighted by Crippen LogP contribution is 2.32. The molecule has 9 heteroatoms. The normalized spacial score (nSPS) is 10.4. The van der Waals surface area contributed by atoms with E-state index in [0.29, 0.717) is 26.4 Å². The van der Waals surface area contributed by atoms with Gasteiger partial charge >= 0.3 is 5.97 Å². The smallest absolute Gasteiger partial charge is 0.340 e. The Bertz CT molecular complexity index is 947. The molecule has 0 fully saturated rings. The molecule has 3 aromatic rings. The van der Waals surface area contributed by atoms with Gasteiger partial charge in [-0.15, -0.1) is 11.3 Å². The van der Waals surface area contributed by atoms with Gasteiger partial charge in [-0.05, 0) is 30.3 Å². The highest BCUT2D eigenvalue weighted by atomic mass is 35.5. The molecule has 0 radical (unpaired) electrons. The summed E-state index contributed by atoms with van der Waals surface area (Å²) >= 11 is 13.3. The van der Waals surface area contributed by atoms with Crippen molar-refractivity contribution in [2.75, 3.05) is 11.9 Å². The van der Waals surface area contributed by atoms with Crippen molar-refractivity contribution >= 4 is 51.5 Å². The number of amides is 1. The van der Waals surface area contributed by atoms with Crippen LogP contribution in [0.25, 0.3) is 11.3 Å². The number of esters is 1. The fourth-order valence-corrected chi connectivity index (χ4v) is 3.24. The summed E-state index contributed by atoms with van der Waals surface area (Å²) in [6.07, 6.45) is 2.90. The van der Waals surface area contributed by atoms with Crippen LogP contribution in [0.2, 0.25) is 10.0 Å². The van der Waals surface area contributed by atoms with Gasteiger partial charge in [-0.25, -0.2) is 9.78 Å². The number of rotatable bonds is 5. The van der Waals surface area contributed by atoms with E-state index < -0.39 is 18.5 Å². The molecule has 1 aromatic carbocycles. The van der Waals surface area contributed by atoms with E-state index in [9.17, 15) is 9.59 Å². The first-order valence-electron chi connectivity index (χ1n) is 7.31. The Hall–Kier alpha value is -2.48. The van der Waals surface area contributed by atoms with Crippen LogP contribution in [0.4, 0.5) is 5.13 Å². The standard InChI is InChI=1S/C17H11Cl2N3O3S/c18-11-3-4-12(13(19)6-11)14-9-26-17(21-14)22-15(23)8-25-16(24)10-2-1-5-20-7-10/h1-7,9H,8H2,(H,21,22,23). The third-order valence-corrected chi connectivity index (χ3v) is 4.49. The SMILES string of the molecule is O=C(COC(=O)c1cccnc1)Nc1nc(-c2ccc(Cl)cc2Cl)cs1. The summed E-state index contributed by atoms with van der Waals surface area (Å²) in [5.74, 6) is -1.12. The number of carbonyl (C=O) groups is 2. The number of halogens is 2. The topological polar surface area (TPSA) is 81.2 Å². The molecule has 6 nitrogen and oxygen atoms in total. The largest absolute Gasteiger partial charge is 0.452 e. The summed E-state index contributed by atoms with van der Waals surface area (Å²) < 4.78 is 4.94. The van der Waals surface area contributed by atoms with Gasteiger partial charge in [-0.3, -0.25) is 15.1 Å². The van der Waals surface area contributed by atoms with Crippen LogP contribution in [-0.4, -0.2) is 28.5 Å². The lowest BCUT2D eigenvalue weighted by molar-refractivity contribution is -0.119. The quantitative estimate of drug-likeness (QED) is 0.637. The number of benzene rings is 1. The molecule has 132 valence electrons. The lowest BCUT2D eigenvalue weighted by Gasteiger charge is -2.04. The Kier molecular flexibility index (Phi) is 5.82. The van der Waals surface area contributed by atoms with Crippen LogP contribution in [0.3, 0.4) is 0 Å². The number of nitrogens with one attached hydrogen (secondary N) is 1. The van der Waals surface area contributed by atoms with Crippen molar-refractivity contribution in [3.05, 3.63) is 63.7 Å². The molecule has 3 rings (SSSR count). The van der Waals surface area contributed by atoms with Gasteiger partial charge in [0.25, 0.3) is 5.91 Å². The number of aromatic nitrogens is 2. The molecule has 1 amide bonds. The Balaban J connectivity index is 1.58. The van der Waals surface area contributed by atoms with Crippen LogP contribution >= 0.6 is 34.5 Å². The zero-order valence-corrected chi connectivity index (χ0v) is 15.4. The van der Waals surface area contributed by atoms with E-state index in [4.69, 9.17) is 27.9 Å². The van der Waals surface area contributed by atoms with Gasteiger partial charge in [0.05, 0.1) is 16.3 Å². The van der Waals surface area contributed by atoms with Crippen molar-refractivity contribution in [1.29, 1.82) is 0 Å². The molecule has 0 spiro atoms. The molecule has 2 heterocycles. The van der Waals surface area contributed by atoms with Crippen molar-refractivity contribution in [2.24, 2.45) is 0 Å². The molecule has 0 saturated heterocycles. The second-order valence-electron chi connectivity index (χ2n) is 5.03. The van der Waals surface area contributed by atoms with E-state index in [1.54, 1.807) is 35.7 Å². The van der Waals surface area contributed by atoms with Gasteiger partial charge in [0.1, 0.15) is 0 Å². The number of ether oxygens (including phenoxy) is 1. The maximum atomic E-state index is 11.9. The molecule has 0 unspecified atom stereocenters. The lowest BCUT2D eigenvalue weighted by Crippen LogP contribution is -2.20. The van der Waals surface area contributed by atoms with Crippen LogP contribution in [0, 0.1) is 0 Å². The molecule has 26 heavy (non-hydrogen) atoms. The zero-order chi connectivity index (χ0) is 18.5. The van der Waals surface area contributed by atoms with Crippen LogP contribution in [-0.2, 0) is 9.53 Å². The minimum Gasteiger partial charge on any atom is -0.452 e. The summed E-state index contributed by atoms with van der Waals surface area (Å²) in [5.41, 5.74) is 1.59. The number of carbonyl (C=O) groups excluding carboxylic acids is 2. The predicted octanol–water partition coefficient (Wildman–Crippen LogP) is 4.31. The first-order valence-corrected chi connectivity index (χ1v) is 8.94. The monoisotopic (exact) mass is 407 g/mol. The first kappa shape index (κ1) is 18.3. The summed E-state index contributed by atoms with van der Waals surface area (Å²) in [5, 5.41) is 5.69. The Labute approximate surface area is 162 Å². The molecular weight excluding hydrogens is 397 g/mol. The lowest BCUT2D eigenvalue weighted by atomic mass is 10.2. The van der Waals surface area contributed by atoms with E-state index in [2.05, 4.69) is 15.3 Å². The zero-order valence-electron chi connectivity index (χ0n) is 13.1.